The number of nitrogens with zero attached hydrogens (tertiary/aromatic N) is 2. The maximum Gasteiger partial charge on any atom is 0.133 e. The van der Waals surface area contributed by atoms with Gasteiger partial charge in [0.2, 0.25) is 0 Å². The van der Waals surface area contributed by atoms with E-state index < -0.39 is 0 Å². The molecule has 0 amide bonds. The van der Waals surface area contributed by atoms with Gasteiger partial charge in [-0.25, -0.2) is 0 Å². The SMILES string of the molecule is Cc1nn(C)c(Cl)c1COc1ccc(Br)cc1CN. The lowest BCUT2D eigenvalue weighted by Gasteiger charge is -2.10. The smallest absolute Gasteiger partial charge is 0.133 e. The van der Waals surface area contributed by atoms with Crippen molar-refractivity contribution in [3.05, 3.63) is 44.6 Å². The second-order valence-electron chi connectivity index (χ2n) is 4.22. The van der Waals surface area contributed by atoms with E-state index in [2.05, 4.69) is 21.0 Å². The molecule has 102 valence electrons. The van der Waals surface area contributed by atoms with Crippen LogP contribution in [-0.4, -0.2) is 9.78 Å². The van der Waals surface area contributed by atoms with Crippen LogP contribution < -0.4 is 10.5 Å². The number of nitrogens with two attached hydrogens (primary N) is 1. The highest BCUT2D eigenvalue weighted by Crippen LogP contribution is 2.25. The van der Waals surface area contributed by atoms with Crippen molar-refractivity contribution in [2.24, 2.45) is 12.8 Å². The molecule has 0 aliphatic heterocycles. The standard InChI is InChI=1S/C13H15BrClN3O/c1-8-11(13(15)18(2)17-8)7-19-12-4-3-10(14)5-9(12)6-16/h3-5H,6-7,16H2,1-2H3. The molecule has 1 heterocycles. The highest BCUT2D eigenvalue weighted by Gasteiger charge is 2.12. The largest absolute Gasteiger partial charge is 0.488 e. The van der Waals surface area contributed by atoms with Crippen LogP contribution in [0.5, 0.6) is 5.75 Å². The fraction of sp³-hybridized carbons (Fsp3) is 0.308. The molecule has 0 radical (unpaired) electrons. The highest BCUT2D eigenvalue weighted by atomic mass is 79.9. The molecule has 2 N–H and O–H groups in total. The van der Waals surface area contributed by atoms with E-state index in [4.69, 9.17) is 22.1 Å². The topological polar surface area (TPSA) is 53.1 Å². The maximum absolute atomic E-state index is 6.17. The molecular weight excluding hydrogens is 330 g/mol. The molecule has 1 aromatic carbocycles. The number of benzene rings is 1. The van der Waals surface area contributed by atoms with Crippen LogP contribution >= 0.6 is 27.5 Å². The fourth-order valence-electron chi connectivity index (χ4n) is 1.84. The predicted molar refractivity (Wildman–Crippen MR) is 79.3 cm³/mol. The molecule has 0 atom stereocenters. The van der Waals surface area contributed by atoms with Crippen molar-refractivity contribution in [2.45, 2.75) is 20.1 Å². The Morgan fingerprint density at radius 3 is 2.79 bits per heavy atom. The summed E-state index contributed by atoms with van der Waals surface area (Å²) in [6.07, 6.45) is 0. The minimum absolute atomic E-state index is 0.382. The number of rotatable bonds is 4. The third kappa shape index (κ3) is 3.11. The summed E-state index contributed by atoms with van der Waals surface area (Å²) >= 11 is 9.58. The Morgan fingerprint density at radius 1 is 1.47 bits per heavy atom. The molecule has 0 saturated heterocycles. The van der Waals surface area contributed by atoms with Gasteiger partial charge in [0.05, 0.1) is 5.69 Å². The van der Waals surface area contributed by atoms with Crippen molar-refractivity contribution in [1.29, 1.82) is 0 Å². The van der Waals surface area contributed by atoms with E-state index in [1.807, 2.05) is 32.2 Å². The quantitative estimate of drug-likeness (QED) is 0.927. The summed E-state index contributed by atoms with van der Waals surface area (Å²) in [7, 11) is 1.81. The first-order valence-corrected chi connectivity index (χ1v) is 6.99. The third-order valence-electron chi connectivity index (χ3n) is 2.88. The van der Waals surface area contributed by atoms with E-state index in [9.17, 15) is 0 Å². The molecule has 1 aromatic heterocycles. The zero-order valence-corrected chi connectivity index (χ0v) is 13.1. The number of aryl methyl sites for hydroxylation is 2. The first kappa shape index (κ1) is 14.4. The van der Waals surface area contributed by atoms with Crippen LogP contribution in [0, 0.1) is 6.92 Å². The Labute approximate surface area is 125 Å². The summed E-state index contributed by atoms with van der Waals surface area (Å²) in [6, 6.07) is 5.77. The van der Waals surface area contributed by atoms with Gasteiger partial charge in [0.15, 0.2) is 0 Å². The van der Waals surface area contributed by atoms with Crippen LogP contribution in [0.1, 0.15) is 16.8 Å². The van der Waals surface area contributed by atoms with Gasteiger partial charge < -0.3 is 10.5 Å². The Kier molecular flexibility index (Phi) is 4.50. The Bertz CT molecular complexity index is 598. The van der Waals surface area contributed by atoms with E-state index in [0.717, 1.165) is 27.0 Å². The third-order valence-corrected chi connectivity index (χ3v) is 3.85. The molecule has 0 bridgehead atoms. The van der Waals surface area contributed by atoms with E-state index in [1.165, 1.54) is 0 Å². The molecule has 0 aliphatic rings. The molecule has 19 heavy (non-hydrogen) atoms. The molecule has 0 spiro atoms. The second kappa shape index (κ2) is 5.94. The molecule has 0 unspecified atom stereocenters. The second-order valence-corrected chi connectivity index (χ2v) is 5.50. The van der Waals surface area contributed by atoms with E-state index in [1.54, 1.807) is 4.68 Å². The first-order valence-electron chi connectivity index (χ1n) is 5.82. The van der Waals surface area contributed by atoms with Crippen LogP contribution in [0.4, 0.5) is 0 Å². The van der Waals surface area contributed by atoms with Crippen molar-refractivity contribution in [3.8, 4) is 5.75 Å². The van der Waals surface area contributed by atoms with Crippen molar-refractivity contribution in [1.82, 2.24) is 9.78 Å². The van der Waals surface area contributed by atoms with Gasteiger partial charge in [-0.3, -0.25) is 4.68 Å². The van der Waals surface area contributed by atoms with Crippen molar-refractivity contribution >= 4 is 27.5 Å². The molecule has 0 fully saturated rings. The summed E-state index contributed by atoms with van der Waals surface area (Å²) < 4.78 is 8.43. The normalized spacial score (nSPS) is 10.8. The lowest BCUT2D eigenvalue weighted by molar-refractivity contribution is 0.302. The zero-order chi connectivity index (χ0) is 14.0. The van der Waals surface area contributed by atoms with Crippen molar-refractivity contribution in [2.75, 3.05) is 0 Å². The van der Waals surface area contributed by atoms with Gasteiger partial charge in [-0.2, -0.15) is 5.10 Å². The van der Waals surface area contributed by atoms with Crippen LogP contribution in [-0.2, 0) is 20.2 Å². The number of ether oxygens (including phenoxy) is 1. The van der Waals surface area contributed by atoms with Gasteiger partial charge in [0.1, 0.15) is 17.5 Å². The van der Waals surface area contributed by atoms with Gasteiger partial charge in [-0.15, -0.1) is 0 Å². The van der Waals surface area contributed by atoms with Crippen molar-refractivity contribution in [3.63, 3.8) is 0 Å². The number of halogens is 2. The number of hydrogen-bond acceptors (Lipinski definition) is 3. The number of aromatic nitrogens is 2. The Balaban J connectivity index is 2.19. The molecule has 0 aliphatic carbocycles. The Morgan fingerprint density at radius 2 is 2.21 bits per heavy atom. The van der Waals surface area contributed by atoms with Crippen LogP contribution in [0.2, 0.25) is 5.15 Å². The summed E-state index contributed by atoms with van der Waals surface area (Å²) in [5.74, 6) is 0.769. The van der Waals surface area contributed by atoms with Crippen molar-refractivity contribution < 1.29 is 4.74 Å². The molecule has 2 aromatic rings. The first-order chi connectivity index (χ1) is 9.02. The summed E-state index contributed by atoms with van der Waals surface area (Å²) in [6.45, 7) is 2.72. The molecule has 4 nitrogen and oxygen atoms in total. The molecule has 6 heteroatoms. The van der Waals surface area contributed by atoms with Crippen LogP contribution in [0.15, 0.2) is 22.7 Å². The average molecular weight is 345 g/mol. The minimum atomic E-state index is 0.382. The van der Waals surface area contributed by atoms with Crippen LogP contribution in [0.3, 0.4) is 0 Å². The molecular formula is C13H15BrClN3O. The van der Waals surface area contributed by atoms with E-state index >= 15 is 0 Å². The molecule has 0 saturated carbocycles. The summed E-state index contributed by atoms with van der Waals surface area (Å²) in [5.41, 5.74) is 8.43. The van der Waals surface area contributed by atoms with Gasteiger partial charge in [0, 0.05) is 29.2 Å². The van der Waals surface area contributed by atoms with Gasteiger partial charge in [0.25, 0.3) is 0 Å². The monoisotopic (exact) mass is 343 g/mol. The minimum Gasteiger partial charge on any atom is -0.488 e. The summed E-state index contributed by atoms with van der Waals surface area (Å²) in [5, 5.41) is 4.85. The van der Waals surface area contributed by atoms with E-state index in [-0.39, 0.29) is 0 Å². The van der Waals surface area contributed by atoms with E-state index in [0.29, 0.717) is 18.3 Å². The average Bonchev–Trinajstić information content (AvgIpc) is 2.62. The number of hydrogen-bond donors (Lipinski definition) is 1. The maximum atomic E-state index is 6.17. The predicted octanol–water partition coefficient (Wildman–Crippen LogP) is 3.18. The fourth-order valence-corrected chi connectivity index (χ4v) is 2.47. The zero-order valence-electron chi connectivity index (χ0n) is 10.8. The summed E-state index contributed by atoms with van der Waals surface area (Å²) in [4.78, 5) is 0. The highest BCUT2D eigenvalue weighted by molar-refractivity contribution is 9.10. The Hall–Kier alpha value is -1.04. The van der Waals surface area contributed by atoms with Crippen LogP contribution in [0.25, 0.3) is 0 Å². The van der Waals surface area contributed by atoms with Gasteiger partial charge in [-0.05, 0) is 25.1 Å². The van der Waals surface area contributed by atoms with Gasteiger partial charge in [-0.1, -0.05) is 27.5 Å². The van der Waals surface area contributed by atoms with Gasteiger partial charge >= 0.3 is 0 Å². The molecule has 2 rings (SSSR count). The lowest BCUT2D eigenvalue weighted by atomic mass is 10.2. The lowest BCUT2D eigenvalue weighted by Crippen LogP contribution is -2.03.